The molecule has 5 rings (SSSR count). The molecule has 27 heavy (non-hydrogen) atoms. The summed E-state index contributed by atoms with van der Waals surface area (Å²) in [5.41, 5.74) is 4.05. The van der Waals surface area contributed by atoms with E-state index in [1.54, 1.807) is 0 Å². The third-order valence-corrected chi connectivity index (χ3v) is 7.66. The Morgan fingerprint density at radius 3 is 2.74 bits per heavy atom. The summed E-state index contributed by atoms with van der Waals surface area (Å²) in [5.74, 6) is 2.00. The molecule has 3 aliphatic rings. The van der Waals surface area contributed by atoms with E-state index >= 15 is 0 Å². The predicted octanol–water partition coefficient (Wildman–Crippen LogP) is 6.08. The van der Waals surface area contributed by atoms with E-state index < -0.39 is 0 Å². The quantitative estimate of drug-likeness (QED) is 0.619. The molecule has 2 aromatic rings. The SMILES string of the molecule is COC(=O)c1ccc2c(c1)[C@@H]1[C@H]3CC[C@@H](C3)[C@@H]1[C@H](c1cccc(Cl)c1Cl)N2. The number of fused-ring (bicyclic) bond motifs is 7. The van der Waals surface area contributed by atoms with Gasteiger partial charge in [-0.05, 0) is 78.3 Å². The molecule has 140 valence electrons. The van der Waals surface area contributed by atoms with Gasteiger partial charge in [-0.1, -0.05) is 35.3 Å². The van der Waals surface area contributed by atoms with Crippen LogP contribution in [0.25, 0.3) is 0 Å². The number of hydrogen-bond acceptors (Lipinski definition) is 3. The summed E-state index contributed by atoms with van der Waals surface area (Å²) in [5, 5.41) is 4.97. The van der Waals surface area contributed by atoms with Crippen molar-refractivity contribution in [1.82, 2.24) is 0 Å². The normalized spacial score (nSPS) is 30.4. The highest BCUT2D eigenvalue weighted by Crippen LogP contribution is 2.64. The first-order chi connectivity index (χ1) is 13.1. The zero-order valence-electron chi connectivity index (χ0n) is 15.0. The molecular weight excluding hydrogens is 381 g/mol. The van der Waals surface area contributed by atoms with Gasteiger partial charge in [0.2, 0.25) is 0 Å². The number of hydrogen-bond donors (Lipinski definition) is 1. The van der Waals surface area contributed by atoms with Crippen LogP contribution in [0.2, 0.25) is 10.0 Å². The van der Waals surface area contributed by atoms with E-state index in [2.05, 4.69) is 11.4 Å². The summed E-state index contributed by atoms with van der Waals surface area (Å²) in [6, 6.07) is 11.9. The molecule has 0 radical (unpaired) electrons. The first kappa shape index (κ1) is 17.4. The highest BCUT2D eigenvalue weighted by Gasteiger charge is 2.54. The number of nitrogens with one attached hydrogen (secondary N) is 1. The Kier molecular flexibility index (Phi) is 4.14. The largest absolute Gasteiger partial charge is 0.465 e. The number of methoxy groups -OCH3 is 1. The summed E-state index contributed by atoms with van der Waals surface area (Å²) < 4.78 is 4.93. The molecule has 1 heterocycles. The molecule has 3 nitrogen and oxygen atoms in total. The van der Waals surface area contributed by atoms with Crippen LogP contribution in [0.3, 0.4) is 0 Å². The number of esters is 1. The van der Waals surface area contributed by atoms with Crippen LogP contribution in [0.5, 0.6) is 0 Å². The second-order valence-corrected chi connectivity index (χ2v) is 8.78. The summed E-state index contributed by atoms with van der Waals surface area (Å²) in [7, 11) is 1.43. The Balaban J connectivity index is 1.63. The van der Waals surface area contributed by atoms with Crippen molar-refractivity contribution in [2.75, 3.05) is 12.4 Å². The Morgan fingerprint density at radius 1 is 1.11 bits per heavy atom. The molecule has 0 saturated heterocycles. The number of ether oxygens (including phenoxy) is 1. The summed E-state index contributed by atoms with van der Waals surface area (Å²) >= 11 is 12.9. The van der Waals surface area contributed by atoms with Crippen molar-refractivity contribution >= 4 is 34.9 Å². The van der Waals surface area contributed by atoms with E-state index in [0.29, 0.717) is 39.3 Å². The Labute approximate surface area is 169 Å². The van der Waals surface area contributed by atoms with Crippen LogP contribution in [-0.2, 0) is 4.74 Å². The molecule has 2 aliphatic carbocycles. The number of benzene rings is 2. The van der Waals surface area contributed by atoms with Crippen LogP contribution in [0.4, 0.5) is 5.69 Å². The van der Waals surface area contributed by atoms with Crippen molar-refractivity contribution in [1.29, 1.82) is 0 Å². The van der Waals surface area contributed by atoms with Crippen LogP contribution in [-0.4, -0.2) is 13.1 Å². The van der Waals surface area contributed by atoms with Crippen molar-refractivity contribution in [2.24, 2.45) is 17.8 Å². The van der Waals surface area contributed by atoms with Crippen molar-refractivity contribution in [3.05, 3.63) is 63.1 Å². The average molecular weight is 402 g/mol. The van der Waals surface area contributed by atoms with E-state index in [9.17, 15) is 4.79 Å². The molecule has 0 aromatic heterocycles. The lowest BCUT2D eigenvalue weighted by Gasteiger charge is -2.44. The van der Waals surface area contributed by atoms with Crippen LogP contribution in [0.15, 0.2) is 36.4 Å². The maximum atomic E-state index is 12.0. The van der Waals surface area contributed by atoms with Gasteiger partial charge in [-0.25, -0.2) is 4.79 Å². The molecule has 0 unspecified atom stereocenters. The van der Waals surface area contributed by atoms with Gasteiger partial charge in [0.05, 0.1) is 28.8 Å². The molecule has 5 heteroatoms. The van der Waals surface area contributed by atoms with Crippen molar-refractivity contribution in [2.45, 2.75) is 31.2 Å². The molecule has 1 N–H and O–H groups in total. The fraction of sp³-hybridized carbons (Fsp3) is 0.409. The molecule has 2 bridgehead atoms. The van der Waals surface area contributed by atoms with Gasteiger partial charge in [0.1, 0.15) is 0 Å². The van der Waals surface area contributed by atoms with E-state index in [-0.39, 0.29) is 12.0 Å². The minimum absolute atomic E-state index is 0.146. The summed E-state index contributed by atoms with van der Waals surface area (Å²) in [4.78, 5) is 12.0. The molecule has 2 saturated carbocycles. The fourth-order valence-electron chi connectivity index (χ4n) is 5.80. The molecule has 1 aliphatic heterocycles. The van der Waals surface area contributed by atoms with E-state index in [1.165, 1.54) is 31.9 Å². The van der Waals surface area contributed by atoms with E-state index in [1.807, 2.05) is 30.3 Å². The Bertz CT molecular complexity index is 929. The monoisotopic (exact) mass is 401 g/mol. The maximum Gasteiger partial charge on any atom is 0.337 e. The van der Waals surface area contributed by atoms with Gasteiger partial charge in [0.15, 0.2) is 0 Å². The molecule has 5 atom stereocenters. The van der Waals surface area contributed by atoms with Gasteiger partial charge >= 0.3 is 5.97 Å². The maximum absolute atomic E-state index is 12.0. The molecule has 2 fully saturated rings. The van der Waals surface area contributed by atoms with Crippen LogP contribution < -0.4 is 5.32 Å². The third-order valence-electron chi connectivity index (χ3n) is 6.82. The summed E-state index contributed by atoms with van der Waals surface area (Å²) in [6.07, 6.45) is 3.80. The molecular formula is C22H21Cl2NO2. The fourth-order valence-corrected chi connectivity index (χ4v) is 6.23. The lowest BCUT2D eigenvalue weighted by atomic mass is 9.68. The van der Waals surface area contributed by atoms with Crippen molar-refractivity contribution < 1.29 is 9.53 Å². The van der Waals surface area contributed by atoms with Crippen molar-refractivity contribution in [3.8, 4) is 0 Å². The number of rotatable bonds is 2. The van der Waals surface area contributed by atoms with Crippen LogP contribution in [0.1, 0.15) is 52.7 Å². The topological polar surface area (TPSA) is 38.3 Å². The zero-order valence-corrected chi connectivity index (χ0v) is 16.6. The second kappa shape index (κ2) is 6.42. The number of anilines is 1. The van der Waals surface area contributed by atoms with E-state index in [0.717, 1.165) is 11.3 Å². The van der Waals surface area contributed by atoms with Gasteiger partial charge in [-0.15, -0.1) is 0 Å². The molecule has 0 amide bonds. The highest BCUT2D eigenvalue weighted by atomic mass is 35.5. The first-order valence-corrected chi connectivity index (χ1v) is 10.3. The number of carbonyl (C=O) groups excluding carboxylic acids is 1. The number of halogens is 2. The minimum Gasteiger partial charge on any atom is -0.465 e. The third kappa shape index (κ3) is 2.59. The Hall–Kier alpha value is -1.71. The molecule has 2 aromatic carbocycles. The standard InChI is InChI=1S/C22H21Cl2NO2/c1-27-22(26)13-7-8-17-15(10-13)18-11-5-6-12(9-11)19(18)21(25-17)14-3-2-4-16(23)20(14)24/h2-4,7-8,10-12,18-19,21,25H,5-6,9H2,1H3/t11-,12-,18-,19-,21-/m0/s1. The lowest BCUT2D eigenvalue weighted by Crippen LogP contribution is -2.35. The first-order valence-electron chi connectivity index (χ1n) is 9.51. The van der Waals surface area contributed by atoms with Crippen LogP contribution >= 0.6 is 23.2 Å². The van der Waals surface area contributed by atoms with Gasteiger partial charge < -0.3 is 10.1 Å². The van der Waals surface area contributed by atoms with E-state index in [4.69, 9.17) is 27.9 Å². The van der Waals surface area contributed by atoms with Crippen molar-refractivity contribution in [3.63, 3.8) is 0 Å². The smallest absolute Gasteiger partial charge is 0.337 e. The second-order valence-electron chi connectivity index (χ2n) is 8.00. The predicted molar refractivity (Wildman–Crippen MR) is 108 cm³/mol. The summed E-state index contributed by atoms with van der Waals surface area (Å²) in [6.45, 7) is 0. The van der Waals surface area contributed by atoms with Gasteiger partial charge in [0, 0.05) is 5.69 Å². The van der Waals surface area contributed by atoms with Crippen LogP contribution in [0, 0.1) is 17.8 Å². The average Bonchev–Trinajstić information content (AvgIpc) is 3.31. The Morgan fingerprint density at radius 2 is 1.93 bits per heavy atom. The zero-order chi connectivity index (χ0) is 18.7. The van der Waals surface area contributed by atoms with Gasteiger partial charge in [-0.3, -0.25) is 0 Å². The number of carbonyl (C=O) groups is 1. The van der Waals surface area contributed by atoms with Gasteiger partial charge in [0.25, 0.3) is 0 Å². The molecule has 0 spiro atoms. The lowest BCUT2D eigenvalue weighted by molar-refractivity contribution is 0.0600. The minimum atomic E-state index is -0.280. The van der Waals surface area contributed by atoms with Gasteiger partial charge in [-0.2, -0.15) is 0 Å². The highest BCUT2D eigenvalue weighted by molar-refractivity contribution is 6.42.